The third-order valence-electron chi connectivity index (χ3n) is 2.85. The van der Waals surface area contributed by atoms with Crippen molar-refractivity contribution in [2.24, 2.45) is 0 Å². The normalized spacial score (nSPS) is 10.7. The largest absolute Gasteiger partial charge is 0.308 e. The van der Waals surface area contributed by atoms with E-state index in [0.29, 0.717) is 18.7 Å². The van der Waals surface area contributed by atoms with Gasteiger partial charge in [-0.1, -0.05) is 44.0 Å². The molecule has 0 aliphatic rings. The van der Waals surface area contributed by atoms with E-state index in [0.717, 1.165) is 8.95 Å². The Balaban J connectivity index is 1.98. The summed E-state index contributed by atoms with van der Waals surface area (Å²) >= 11 is 6.89. The average molecular weight is 387 g/mol. The van der Waals surface area contributed by atoms with E-state index in [4.69, 9.17) is 0 Å². The van der Waals surface area contributed by atoms with Gasteiger partial charge in [0.2, 0.25) is 0 Å². The van der Waals surface area contributed by atoms with Gasteiger partial charge in [0.15, 0.2) is 0 Å². The summed E-state index contributed by atoms with van der Waals surface area (Å²) in [5.74, 6) is -0.182. The zero-order valence-electron chi connectivity index (χ0n) is 10.5. The van der Waals surface area contributed by atoms with Gasteiger partial charge in [-0.15, -0.1) is 0 Å². The van der Waals surface area contributed by atoms with Gasteiger partial charge in [0.25, 0.3) is 0 Å². The predicted molar refractivity (Wildman–Crippen MR) is 83.5 cm³/mol. The summed E-state index contributed by atoms with van der Waals surface area (Å²) in [5, 5.41) is 3.26. The molecule has 0 unspecified atom stereocenters. The van der Waals surface area contributed by atoms with Crippen molar-refractivity contribution in [3.05, 3.63) is 67.9 Å². The Morgan fingerprint density at radius 2 is 1.74 bits per heavy atom. The van der Waals surface area contributed by atoms with Gasteiger partial charge in [0.05, 0.1) is 0 Å². The number of nitrogens with one attached hydrogen (secondary N) is 1. The molecule has 0 amide bonds. The second-order valence-corrected chi connectivity index (χ2v) is 6.20. The van der Waals surface area contributed by atoms with Crippen LogP contribution in [-0.4, -0.2) is 0 Å². The molecule has 2 aromatic rings. The maximum absolute atomic E-state index is 13.6. The van der Waals surface area contributed by atoms with Crippen molar-refractivity contribution in [1.82, 2.24) is 5.32 Å². The fraction of sp³-hybridized carbons (Fsp3) is 0.200. The molecule has 0 aliphatic carbocycles. The molecule has 0 atom stereocenters. The molecule has 19 heavy (non-hydrogen) atoms. The maximum Gasteiger partial charge on any atom is 0.127 e. The summed E-state index contributed by atoms with van der Waals surface area (Å²) in [6.45, 7) is 3.26. The Labute approximate surface area is 129 Å². The fourth-order valence-corrected chi connectivity index (χ4v) is 2.85. The summed E-state index contributed by atoms with van der Waals surface area (Å²) in [7, 11) is 0. The molecule has 0 bridgehead atoms. The van der Waals surface area contributed by atoms with E-state index in [9.17, 15) is 4.39 Å². The maximum atomic E-state index is 13.6. The first-order valence-corrected chi connectivity index (χ1v) is 7.54. The van der Waals surface area contributed by atoms with E-state index >= 15 is 0 Å². The van der Waals surface area contributed by atoms with Gasteiger partial charge >= 0.3 is 0 Å². The van der Waals surface area contributed by atoms with E-state index in [1.54, 1.807) is 12.1 Å². The lowest BCUT2D eigenvalue weighted by molar-refractivity contribution is 0.587. The Hall–Kier alpha value is -0.710. The molecule has 0 fully saturated rings. The van der Waals surface area contributed by atoms with Crippen molar-refractivity contribution in [3.8, 4) is 0 Å². The topological polar surface area (TPSA) is 12.0 Å². The molecule has 0 aromatic heterocycles. The first-order valence-electron chi connectivity index (χ1n) is 5.96. The highest BCUT2D eigenvalue weighted by molar-refractivity contribution is 9.10. The summed E-state index contributed by atoms with van der Waals surface area (Å²) < 4.78 is 15.5. The monoisotopic (exact) mass is 385 g/mol. The lowest BCUT2D eigenvalue weighted by Crippen LogP contribution is -2.14. The van der Waals surface area contributed by atoms with Crippen molar-refractivity contribution in [3.63, 3.8) is 0 Å². The Morgan fingerprint density at radius 1 is 1.00 bits per heavy atom. The minimum absolute atomic E-state index is 0.182. The van der Waals surface area contributed by atoms with Crippen LogP contribution in [-0.2, 0) is 13.1 Å². The summed E-state index contributed by atoms with van der Waals surface area (Å²) in [4.78, 5) is 0. The number of benzene rings is 2. The molecule has 2 rings (SSSR count). The second-order valence-electron chi connectivity index (χ2n) is 4.43. The molecule has 2 aromatic carbocycles. The quantitative estimate of drug-likeness (QED) is 0.783. The van der Waals surface area contributed by atoms with E-state index < -0.39 is 0 Å². The van der Waals surface area contributed by atoms with E-state index in [1.807, 2.05) is 0 Å². The van der Waals surface area contributed by atoms with Crippen LogP contribution in [0.25, 0.3) is 0 Å². The van der Waals surface area contributed by atoms with Crippen LogP contribution in [0.3, 0.4) is 0 Å². The van der Waals surface area contributed by atoms with E-state index in [-0.39, 0.29) is 5.82 Å². The molecule has 0 radical (unpaired) electrons. The van der Waals surface area contributed by atoms with Gasteiger partial charge in [-0.25, -0.2) is 4.39 Å². The zero-order valence-corrected chi connectivity index (χ0v) is 13.7. The lowest BCUT2D eigenvalue weighted by atomic mass is 10.1. The zero-order chi connectivity index (χ0) is 13.8. The van der Waals surface area contributed by atoms with Crippen LogP contribution in [0, 0.1) is 12.7 Å². The molecule has 0 aliphatic heterocycles. The van der Waals surface area contributed by atoms with Crippen LogP contribution in [0.2, 0.25) is 0 Å². The van der Waals surface area contributed by atoms with Crippen LogP contribution in [0.4, 0.5) is 4.39 Å². The summed E-state index contributed by atoms with van der Waals surface area (Å²) in [6, 6.07) is 11.2. The molecule has 0 heterocycles. The van der Waals surface area contributed by atoms with Crippen molar-refractivity contribution in [2.45, 2.75) is 20.0 Å². The lowest BCUT2D eigenvalue weighted by Gasteiger charge is -2.09. The third-order valence-corrected chi connectivity index (χ3v) is 4.08. The Bertz CT molecular complexity index is 584. The number of halogens is 3. The Morgan fingerprint density at radius 3 is 2.47 bits per heavy atom. The van der Waals surface area contributed by atoms with Gasteiger partial charge in [-0.2, -0.15) is 0 Å². The van der Waals surface area contributed by atoms with Gasteiger partial charge in [0.1, 0.15) is 5.82 Å². The van der Waals surface area contributed by atoms with Crippen LogP contribution < -0.4 is 5.32 Å². The molecule has 0 saturated heterocycles. The van der Waals surface area contributed by atoms with Crippen molar-refractivity contribution in [1.29, 1.82) is 0 Å². The molecule has 0 spiro atoms. The summed E-state index contributed by atoms with van der Waals surface area (Å²) in [6.07, 6.45) is 0. The third kappa shape index (κ3) is 4.13. The number of hydrogen-bond acceptors (Lipinski definition) is 1. The van der Waals surface area contributed by atoms with E-state index in [2.05, 4.69) is 62.3 Å². The van der Waals surface area contributed by atoms with Crippen molar-refractivity contribution in [2.75, 3.05) is 0 Å². The molecule has 0 saturated carbocycles. The number of aryl methyl sites for hydroxylation is 1. The van der Waals surface area contributed by atoms with Gasteiger partial charge in [-0.05, 0) is 42.3 Å². The molecule has 1 N–H and O–H groups in total. The van der Waals surface area contributed by atoms with Crippen LogP contribution in [0.1, 0.15) is 16.7 Å². The highest BCUT2D eigenvalue weighted by Gasteiger charge is 2.04. The molecular formula is C15H14Br2FN. The predicted octanol–water partition coefficient (Wildman–Crippen LogP) is 4.95. The first kappa shape index (κ1) is 14.7. The minimum Gasteiger partial charge on any atom is -0.308 e. The number of rotatable bonds is 4. The minimum atomic E-state index is -0.182. The average Bonchev–Trinajstić information content (AvgIpc) is 2.36. The van der Waals surface area contributed by atoms with E-state index in [1.165, 1.54) is 17.2 Å². The number of hydrogen-bond donors (Lipinski definition) is 1. The molecular weight excluding hydrogens is 373 g/mol. The molecule has 4 heteroatoms. The molecule has 100 valence electrons. The Kier molecular flexibility index (Phi) is 5.13. The smallest absolute Gasteiger partial charge is 0.127 e. The highest BCUT2D eigenvalue weighted by atomic mass is 79.9. The molecule has 1 nitrogen and oxygen atoms in total. The van der Waals surface area contributed by atoms with Gasteiger partial charge in [-0.3, -0.25) is 0 Å². The highest BCUT2D eigenvalue weighted by Crippen LogP contribution is 2.19. The van der Waals surface area contributed by atoms with Crippen molar-refractivity contribution < 1.29 is 4.39 Å². The van der Waals surface area contributed by atoms with Gasteiger partial charge in [0, 0.05) is 27.6 Å². The van der Waals surface area contributed by atoms with Crippen molar-refractivity contribution >= 4 is 31.9 Å². The van der Waals surface area contributed by atoms with Crippen LogP contribution in [0.5, 0.6) is 0 Å². The first-order chi connectivity index (χ1) is 9.06. The standard InChI is InChI=1S/C15H14Br2FN/c1-10-2-3-11(14(17)6-10)8-19-9-12-7-13(16)4-5-15(12)18/h2-7,19H,8-9H2,1H3. The summed E-state index contributed by atoms with van der Waals surface area (Å²) in [5.41, 5.74) is 3.05. The van der Waals surface area contributed by atoms with Crippen LogP contribution in [0.15, 0.2) is 45.3 Å². The SMILES string of the molecule is Cc1ccc(CNCc2cc(Br)ccc2F)c(Br)c1. The second kappa shape index (κ2) is 6.64. The van der Waals surface area contributed by atoms with Gasteiger partial charge < -0.3 is 5.32 Å². The fourth-order valence-electron chi connectivity index (χ4n) is 1.81. The van der Waals surface area contributed by atoms with Crippen LogP contribution >= 0.6 is 31.9 Å².